The molecule has 0 spiro atoms. The van der Waals surface area contributed by atoms with E-state index in [4.69, 9.17) is 10.3 Å². The molecule has 13 heteroatoms. The number of amides is 1. The standard InChI is InChI=1S/C21H14N4O2S.C20H16N4OS/c26-21-25-24-20(27-21)18-10-16-17(11-22-12-19(16)28-18)23-15-8-6-14(7-9-15)13-4-2-1-3-5-13;21-24-20(25)18-10-16-17(11-22-12-19(16)26-18)23-15-8-6-14(7-9-15)13-4-2-1-3-5-13/h1-12,23H,(H,25,26);1-12,23H,21H2,(H,24,25). The summed E-state index contributed by atoms with van der Waals surface area (Å²) in [6, 6.07) is 40.7. The van der Waals surface area contributed by atoms with Crippen LogP contribution >= 0.6 is 22.7 Å². The van der Waals surface area contributed by atoms with E-state index in [2.05, 4.69) is 84.8 Å². The Hall–Kier alpha value is -6.93. The number of hydrogen-bond acceptors (Lipinski definition) is 11. The van der Waals surface area contributed by atoms with Crippen LogP contribution in [-0.4, -0.2) is 26.1 Å². The molecule has 0 atom stereocenters. The van der Waals surface area contributed by atoms with Crippen LogP contribution in [0, 0.1) is 0 Å². The summed E-state index contributed by atoms with van der Waals surface area (Å²) in [5.41, 5.74) is 10.5. The van der Waals surface area contributed by atoms with Crippen molar-refractivity contribution in [2.75, 3.05) is 10.6 Å². The lowest BCUT2D eigenvalue weighted by molar-refractivity contribution is 0.0957. The number of aromatic nitrogens is 4. The van der Waals surface area contributed by atoms with Gasteiger partial charge in [0.15, 0.2) is 0 Å². The SMILES string of the molecule is NNC(=O)c1cc2c(Nc3ccc(-c4ccccc4)cc3)cncc2s1.O=c1[nH]nc(-c2cc3c(Nc4ccc(-c5ccccc5)cc4)cncc3s2)o1. The number of nitrogen functional groups attached to an aromatic ring is 1. The van der Waals surface area contributed by atoms with E-state index in [1.54, 1.807) is 24.8 Å². The minimum absolute atomic E-state index is 0.282. The zero-order chi connectivity index (χ0) is 36.9. The Morgan fingerprint density at radius 2 is 1.13 bits per heavy atom. The highest BCUT2D eigenvalue weighted by atomic mass is 32.1. The number of rotatable bonds is 8. The number of benzene rings is 4. The molecule has 0 saturated heterocycles. The molecule has 9 rings (SSSR count). The van der Waals surface area contributed by atoms with Crippen LogP contribution < -0.4 is 27.7 Å². The van der Waals surface area contributed by atoms with E-state index < -0.39 is 5.76 Å². The van der Waals surface area contributed by atoms with E-state index in [0.29, 0.717) is 4.88 Å². The Morgan fingerprint density at radius 1 is 0.630 bits per heavy atom. The molecule has 0 aliphatic rings. The number of nitrogens with zero attached hydrogens (tertiary/aromatic N) is 3. The predicted octanol–water partition coefficient (Wildman–Crippen LogP) is 9.36. The Balaban J connectivity index is 0.000000154. The molecule has 0 radical (unpaired) electrons. The van der Waals surface area contributed by atoms with Crippen molar-refractivity contribution in [2.24, 2.45) is 5.84 Å². The van der Waals surface area contributed by atoms with Crippen LogP contribution in [0.3, 0.4) is 0 Å². The maximum atomic E-state index is 11.8. The highest BCUT2D eigenvalue weighted by molar-refractivity contribution is 7.22. The number of carbonyl (C=O) groups is 1. The molecule has 264 valence electrons. The van der Waals surface area contributed by atoms with Gasteiger partial charge in [0, 0.05) is 34.5 Å². The summed E-state index contributed by atoms with van der Waals surface area (Å²) < 4.78 is 6.96. The second-order valence-electron chi connectivity index (χ2n) is 11.9. The minimum atomic E-state index is -0.567. The molecule has 9 aromatic rings. The van der Waals surface area contributed by atoms with Gasteiger partial charge >= 0.3 is 5.76 Å². The van der Waals surface area contributed by atoms with Crippen molar-refractivity contribution < 1.29 is 9.21 Å². The Labute approximate surface area is 316 Å². The third-order valence-corrected chi connectivity index (χ3v) is 10.6. The number of anilines is 4. The summed E-state index contributed by atoms with van der Waals surface area (Å²) in [7, 11) is 0. The van der Waals surface area contributed by atoms with Gasteiger partial charge in [0.25, 0.3) is 11.8 Å². The molecular formula is C41H30N8O3S2. The Bertz CT molecular complexity index is 2740. The fraction of sp³-hybridized carbons (Fsp3) is 0. The fourth-order valence-electron chi connectivity index (χ4n) is 5.81. The van der Waals surface area contributed by atoms with E-state index in [-0.39, 0.29) is 11.8 Å². The number of hydrogen-bond donors (Lipinski definition) is 5. The van der Waals surface area contributed by atoms with Gasteiger partial charge in [-0.1, -0.05) is 84.9 Å². The Morgan fingerprint density at radius 3 is 1.63 bits per heavy atom. The number of aromatic amines is 1. The molecule has 6 N–H and O–H groups in total. The lowest BCUT2D eigenvalue weighted by Gasteiger charge is -2.08. The van der Waals surface area contributed by atoms with Crippen LogP contribution in [-0.2, 0) is 0 Å². The summed E-state index contributed by atoms with van der Waals surface area (Å²) in [4.78, 5) is 32.9. The van der Waals surface area contributed by atoms with Crippen molar-refractivity contribution in [3.63, 3.8) is 0 Å². The number of fused-ring (bicyclic) bond motifs is 2. The number of carbonyl (C=O) groups excluding carboxylic acids is 1. The molecule has 0 fully saturated rings. The molecule has 1 amide bonds. The third kappa shape index (κ3) is 7.49. The third-order valence-electron chi connectivity index (χ3n) is 8.44. The van der Waals surface area contributed by atoms with Crippen molar-refractivity contribution in [2.45, 2.75) is 0 Å². The second-order valence-corrected chi connectivity index (χ2v) is 14.1. The van der Waals surface area contributed by atoms with Crippen molar-refractivity contribution in [1.29, 1.82) is 0 Å². The van der Waals surface area contributed by atoms with E-state index in [1.165, 1.54) is 33.8 Å². The molecule has 5 heterocycles. The molecule has 0 unspecified atom stereocenters. The largest absolute Gasteiger partial charge is 0.434 e. The van der Waals surface area contributed by atoms with Gasteiger partial charge in [-0.25, -0.2) is 15.7 Å². The van der Waals surface area contributed by atoms with Gasteiger partial charge in [0.05, 0.1) is 42.9 Å². The number of pyridine rings is 2. The quantitative estimate of drug-likeness (QED) is 0.0579. The predicted molar refractivity (Wildman–Crippen MR) is 217 cm³/mol. The summed E-state index contributed by atoms with van der Waals surface area (Å²) in [5, 5.41) is 14.9. The number of nitrogens with one attached hydrogen (secondary N) is 4. The van der Waals surface area contributed by atoms with Crippen LogP contribution in [0.5, 0.6) is 0 Å². The summed E-state index contributed by atoms with van der Waals surface area (Å²) >= 11 is 2.83. The van der Waals surface area contributed by atoms with E-state index >= 15 is 0 Å². The molecule has 5 aromatic heterocycles. The number of nitrogens with two attached hydrogens (primary N) is 1. The molecule has 0 saturated carbocycles. The highest BCUT2D eigenvalue weighted by Crippen LogP contribution is 2.37. The smallest absolute Gasteiger partial charge is 0.387 e. The van der Waals surface area contributed by atoms with Gasteiger partial charge < -0.3 is 15.1 Å². The first kappa shape index (κ1) is 34.2. The van der Waals surface area contributed by atoms with Gasteiger partial charge in [0.2, 0.25) is 0 Å². The van der Waals surface area contributed by atoms with Crippen molar-refractivity contribution in [1.82, 2.24) is 25.6 Å². The van der Waals surface area contributed by atoms with Gasteiger partial charge in [-0.15, -0.1) is 27.8 Å². The molecular weight excluding hydrogens is 717 g/mol. The maximum absolute atomic E-state index is 11.8. The monoisotopic (exact) mass is 746 g/mol. The van der Waals surface area contributed by atoms with Crippen LogP contribution in [0.15, 0.2) is 155 Å². The topological polar surface area (TPSA) is 164 Å². The first-order valence-corrected chi connectivity index (χ1v) is 18.3. The first-order chi connectivity index (χ1) is 26.5. The zero-order valence-corrected chi connectivity index (χ0v) is 29.9. The van der Waals surface area contributed by atoms with E-state index in [1.807, 2.05) is 72.8 Å². The lowest BCUT2D eigenvalue weighted by Crippen LogP contribution is -2.29. The molecule has 4 aromatic carbocycles. The van der Waals surface area contributed by atoms with E-state index in [9.17, 15) is 9.59 Å². The zero-order valence-electron chi connectivity index (χ0n) is 28.3. The molecule has 0 aliphatic carbocycles. The average molecular weight is 747 g/mol. The molecule has 0 aliphatic heterocycles. The highest BCUT2D eigenvalue weighted by Gasteiger charge is 2.14. The van der Waals surface area contributed by atoms with Crippen LogP contribution in [0.4, 0.5) is 22.7 Å². The normalized spacial score (nSPS) is 10.8. The van der Waals surface area contributed by atoms with Crippen molar-refractivity contribution in [3.05, 3.63) is 162 Å². The average Bonchev–Trinajstić information content (AvgIpc) is 3.98. The van der Waals surface area contributed by atoms with Crippen molar-refractivity contribution >= 4 is 71.5 Å². The molecule has 11 nitrogen and oxygen atoms in total. The van der Waals surface area contributed by atoms with Crippen LogP contribution in [0.2, 0.25) is 0 Å². The summed E-state index contributed by atoms with van der Waals surface area (Å²) in [6.45, 7) is 0. The first-order valence-electron chi connectivity index (χ1n) is 16.7. The Kier molecular flexibility index (Phi) is 9.72. The fourth-order valence-corrected chi connectivity index (χ4v) is 7.75. The van der Waals surface area contributed by atoms with Gasteiger partial charge in [-0.2, -0.15) is 0 Å². The lowest BCUT2D eigenvalue weighted by atomic mass is 10.1. The molecule has 54 heavy (non-hydrogen) atoms. The van der Waals surface area contributed by atoms with Gasteiger partial charge in [-0.05, 0) is 58.7 Å². The number of hydrazine groups is 1. The second kappa shape index (κ2) is 15.4. The summed E-state index contributed by atoms with van der Waals surface area (Å²) in [6.07, 6.45) is 7.07. The number of H-pyrrole nitrogens is 1. The number of thiophene rings is 2. The van der Waals surface area contributed by atoms with E-state index in [0.717, 1.165) is 58.9 Å². The maximum Gasteiger partial charge on any atom is 0.434 e. The van der Waals surface area contributed by atoms with Gasteiger partial charge in [0.1, 0.15) is 0 Å². The van der Waals surface area contributed by atoms with Crippen LogP contribution in [0.1, 0.15) is 9.67 Å². The molecule has 0 bridgehead atoms. The van der Waals surface area contributed by atoms with Crippen molar-refractivity contribution in [3.8, 4) is 33.0 Å². The minimum Gasteiger partial charge on any atom is -0.387 e. The van der Waals surface area contributed by atoms with Crippen LogP contribution in [0.25, 0.3) is 53.2 Å². The summed E-state index contributed by atoms with van der Waals surface area (Å²) in [5.74, 6) is 4.64. The van der Waals surface area contributed by atoms with Gasteiger partial charge in [-0.3, -0.25) is 20.2 Å².